The molecule has 0 aliphatic rings. The van der Waals surface area contributed by atoms with Gasteiger partial charge in [0.2, 0.25) is 11.8 Å². The van der Waals surface area contributed by atoms with E-state index in [4.69, 9.17) is 8.83 Å². The van der Waals surface area contributed by atoms with E-state index in [9.17, 15) is 14.4 Å². The van der Waals surface area contributed by atoms with Crippen LogP contribution in [-0.4, -0.2) is 24.3 Å². The predicted octanol–water partition coefficient (Wildman–Crippen LogP) is 4.31. The summed E-state index contributed by atoms with van der Waals surface area (Å²) in [5, 5.41) is 5.46. The van der Waals surface area contributed by atoms with Gasteiger partial charge in [-0.3, -0.25) is 19.3 Å². The van der Waals surface area contributed by atoms with Gasteiger partial charge in [-0.15, -0.1) is 0 Å². The molecule has 0 saturated carbocycles. The highest BCUT2D eigenvalue weighted by molar-refractivity contribution is 6.04. The summed E-state index contributed by atoms with van der Waals surface area (Å²) < 4.78 is 10.5. The van der Waals surface area contributed by atoms with Crippen LogP contribution in [0.3, 0.4) is 0 Å². The summed E-state index contributed by atoms with van der Waals surface area (Å²) in [4.78, 5) is 41.1. The Labute approximate surface area is 208 Å². The molecule has 2 heterocycles. The monoisotopic (exact) mass is 485 g/mol. The van der Waals surface area contributed by atoms with Crippen molar-refractivity contribution in [3.63, 3.8) is 0 Å². The maximum absolute atomic E-state index is 13.6. The molecule has 0 saturated heterocycles. The Bertz CT molecular complexity index is 1310. The van der Waals surface area contributed by atoms with Crippen LogP contribution in [0.4, 0.5) is 5.69 Å². The van der Waals surface area contributed by atoms with E-state index >= 15 is 0 Å². The lowest BCUT2D eigenvalue weighted by Gasteiger charge is -2.32. The standard InChI is InChI=1S/C28H27N3O5/c1-19-10-12-21(13-11-19)26(28(34)29-17-23-8-4-14-35-23)31(22-7-3-6-20(2)16-22)25(32)18-30-27(33)24-9-5-15-36-24/h3-16,26H,17-18H2,1-2H3,(H,29,34)(H,30,33)/t26-/m1/s1. The topological polar surface area (TPSA) is 105 Å². The second-order valence-corrected chi connectivity index (χ2v) is 8.37. The molecule has 3 amide bonds. The molecule has 2 aromatic heterocycles. The van der Waals surface area contributed by atoms with Crippen molar-refractivity contribution in [2.45, 2.75) is 26.4 Å². The van der Waals surface area contributed by atoms with Crippen LogP contribution in [0.5, 0.6) is 0 Å². The summed E-state index contributed by atoms with van der Waals surface area (Å²) >= 11 is 0. The van der Waals surface area contributed by atoms with E-state index in [2.05, 4.69) is 10.6 Å². The molecule has 2 N–H and O–H groups in total. The van der Waals surface area contributed by atoms with Gasteiger partial charge < -0.3 is 19.5 Å². The molecule has 0 bridgehead atoms. The first-order valence-corrected chi connectivity index (χ1v) is 11.5. The number of hydrogen-bond acceptors (Lipinski definition) is 5. The van der Waals surface area contributed by atoms with Crippen molar-refractivity contribution in [1.82, 2.24) is 10.6 Å². The second kappa shape index (κ2) is 11.2. The molecule has 4 aromatic rings. The Kier molecular flexibility index (Phi) is 7.65. The van der Waals surface area contributed by atoms with Gasteiger partial charge in [-0.2, -0.15) is 0 Å². The quantitative estimate of drug-likeness (QED) is 0.368. The van der Waals surface area contributed by atoms with Gasteiger partial charge >= 0.3 is 0 Å². The van der Waals surface area contributed by atoms with Gasteiger partial charge in [0.05, 0.1) is 25.6 Å². The first-order valence-electron chi connectivity index (χ1n) is 11.5. The normalized spacial score (nSPS) is 11.5. The molecule has 0 radical (unpaired) electrons. The fraction of sp³-hybridized carbons (Fsp3) is 0.179. The van der Waals surface area contributed by atoms with Gasteiger partial charge in [-0.25, -0.2) is 0 Å². The van der Waals surface area contributed by atoms with Crippen molar-refractivity contribution in [3.05, 3.63) is 114 Å². The summed E-state index contributed by atoms with van der Waals surface area (Å²) in [5.41, 5.74) is 3.10. The zero-order chi connectivity index (χ0) is 25.5. The number of anilines is 1. The van der Waals surface area contributed by atoms with E-state index in [1.165, 1.54) is 23.5 Å². The summed E-state index contributed by atoms with van der Waals surface area (Å²) in [7, 11) is 0. The lowest BCUT2D eigenvalue weighted by atomic mass is 10.0. The van der Waals surface area contributed by atoms with E-state index in [0.717, 1.165) is 11.1 Å². The number of carbonyl (C=O) groups is 3. The highest BCUT2D eigenvalue weighted by atomic mass is 16.3. The van der Waals surface area contributed by atoms with Gasteiger partial charge in [0, 0.05) is 5.69 Å². The highest BCUT2D eigenvalue weighted by Crippen LogP contribution is 2.29. The van der Waals surface area contributed by atoms with Gasteiger partial charge in [0.25, 0.3) is 5.91 Å². The molecular formula is C28H27N3O5. The third-order valence-corrected chi connectivity index (χ3v) is 5.61. The molecule has 0 aliphatic heterocycles. The van der Waals surface area contributed by atoms with Crippen molar-refractivity contribution in [2.24, 2.45) is 0 Å². The molecule has 1 atom stereocenters. The Hall–Kier alpha value is -4.59. The molecule has 0 unspecified atom stereocenters. The number of amides is 3. The number of hydrogen-bond donors (Lipinski definition) is 2. The Morgan fingerprint density at radius 2 is 1.58 bits per heavy atom. The lowest BCUT2D eigenvalue weighted by Crippen LogP contribution is -2.47. The zero-order valence-corrected chi connectivity index (χ0v) is 20.1. The van der Waals surface area contributed by atoms with Crippen molar-refractivity contribution < 1.29 is 23.2 Å². The number of nitrogens with one attached hydrogen (secondary N) is 2. The number of nitrogens with zero attached hydrogens (tertiary/aromatic N) is 1. The van der Waals surface area contributed by atoms with Gasteiger partial charge in [-0.1, -0.05) is 42.0 Å². The Balaban J connectivity index is 1.67. The number of benzene rings is 2. The minimum absolute atomic E-state index is 0.0937. The maximum atomic E-state index is 13.6. The molecule has 36 heavy (non-hydrogen) atoms. The van der Waals surface area contributed by atoms with Crippen LogP contribution in [0.2, 0.25) is 0 Å². The molecule has 0 fully saturated rings. The Morgan fingerprint density at radius 3 is 2.25 bits per heavy atom. The van der Waals surface area contributed by atoms with Crippen molar-refractivity contribution in [2.75, 3.05) is 11.4 Å². The number of furan rings is 2. The summed E-state index contributed by atoms with van der Waals surface area (Å²) in [6, 6.07) is 20.3. The molecule has 184 valence electrons. The van der Waals surface area contributed by atoms with E-state index in [1.807, 2.05) is 56.3 Å². The van der Waals surface area contributed by atoms with Crippen LogP contribution in [-0.2, 0) is 16.1 Å². The molecule has 2 aromatic carbocycles. The van der Waals surface area contributed by atoms with Crippen molar-refractivity contribution >= 4 is 23.4 Å². The number of rotatable bonds is 9. The Morgan fingerprint density at radius 1 is 0.833 bits per heavy atom. The van der Waals surface area contributed by atoms with E-state index in [-0.39, 0.29) is 24.8 Å². The fourth-order valence-corrected chi connectivity index (χ4v) is 3.80. The third kappa shape index (κ3) is 5.90. The average molecular weight is 486 g/mol. The molecule has 0 aliphatic carbocycles. The molecule has 8 nitrogen and oxygen atoms in total. The van der Waals surface area contributed by atoms with Crippen molar-refractivity contribution in [1.29, 1.82) is 0 Å². The molecule has 8 heteroatoms. The highest BCUT2D eigenvalue weighted by Gasteiger charge is 2.33. The van der Waals surface area contributed by atoms with Gasteiger partial charge in [0.1, 0.15) is 11.8 Å². The smallest absolute Gasteiger partial charge is 0.287 e. The zero-order valence-electron chi connectivity index (χ0n) is 20.1. The predicted molar refractivity (Wildman–Crippen MR) is 134 cm³/mol. The van der Waals surface area contributed by atoms with Crippen LogP contribution in [0, 0.1) is 13.8 Å². The minimum atomic E-state index is -0.990. The largest absolute Gasteiger partial charge is 0.467 e. The van der Waals surface area contributed by atoms with Gasteiger partial charge in [-0.05, 0) is 61.4 Å². The lowest BCUT2D eigenvalue weighted by molar-refractivity contribution is -0.126. The average Bonchev–Trinajstić information content (AvgIpc) is 3.60. The fourth-order valence-electron chi connectivity index (χ4n) is 3.80. The van der Waals surface area contributed by atoms with Crippen LogP contribution in [0.15, 0.2) is 94.2 Å². The third-order valence-electron chi connectivity index (χ3n) is 5.61. The van der Waals surface area contributed by atoms with Crippen LogP contribution >= 0.6 is 0 Å². The first kappa shape index (κ1) is 24.5. The summed E-state index contributed by atoms with van der Waals surface area (Å²) in [6.07, 6.45) is 2.91. The minimum Gasteiger partial charge on any atom is -0.467 e. The van der Waals surface area contributed by atoms with Crippen molar-refractivity contribution in [3.8, 4) is 0 Å². The summed E-state index contributed by atoms with van der Waals surface area (Å²) in [5.74, 6) is -0.685. The molecule has 0 spiro atoms. The van der Waals surface area contributed by atoms with Crippen LogP contribution in [0.25, 0.3) is 0 Å². The SMILES string of the molecule is Cc1ccc([C@H](C(=O)NCc2ccco2)N(C(=O)CNC(=O)c2ccco2)c2cccc(C)c2)cc1. The number of carbonyl (C=O) groups excluding carboxylic acids is 3. The first-order chi connectivity index (χ1) is 17.4. The van der Waals surface area contributed by atoms with Gasteiger partial charge in [0.15, 0.2) is 5.76 Å². The van der Waals surface area contributed by atoms with E-state index in [1.54, 1.807) is 24.3 Å². The van der Waals surface area contributed by atoms with Crippen LogP contribution in [0.1, 0.15) is 39.0 Å². The van der Waals surface area contributed by atoms with Crippen LogP contribution < -0.4 is 15.5 Å². The molecular weight excluding hydrogens is 458 g/mol. The number of aryl methyl sites for hydroxylation is 2. The van der Waals surface area contributed by atoms with E-state index < -0.39 is 17.9 Å². The second-order valence-electron chi connectivity index (χ2n) is 8.37. The summed E-state index contributed by atoms with van der Waals surface area (Å²) in [6.45, 7) is 3.69. The maximum Gasteiger partial charge on any atom is 0.287 e. The molecule has 4 rings (SSSR count). The van der Waals surface area contributed by atoms with E-state index in [0.29, 0.717) is 17.0 Å².